The standard InChI is InChI=1S/C24H25N3O5/c1-3-26(4-2)24(30)18-14-23(29)27(19-8-6-5-7-17(18)19)15-22(28)25-16-9-10-20-21(13-16)32-12-11-31-20/h5-10,13-14H,3-4,11-12,15H2,1-2H3,(H,25,28). The van der Waals surface area contributed by atoms with Crippen LogP contribution in [0.1, 0.15) is 24.2 Å². The number of carbonyl (C=O) groups excluding carboxylic acids is 2. The van der Waals surface area contributed by atoms with E-state index in [4.69, 9.17) is 9.47 Å². The number of hydrogen-bond donors (Lipinski definition) is 1. The average Bonchev–Trinajstić information content (AvgIpc) is 2.81. The Hall–Kier alpha value is -3.81. The Morgan fingerprint density at radius 1 is 1.00 bits per heavy atom. The van der Waals surface area contributed by atoms with Crippen molar-refractivity contribution < 1.29 is 19.1 Å². The van der Waals surface area contributed by atoms with E-state index in [0.29, 0.717) is 60.0 Å². The Labute approximate surface area is 185 Å². The van der Waals surface area contributed by atoms with Crippen LogP contribution in [0.3, 0.4) is 0 Å². The zero-order chi connectivity index (χ0) is 22.7. The molecule has 0 fully saturated rings. The molecule has 32 heavy (non-hydrogen) atoms. The summed E-state index contributed by atoms with van der Waals surface area (Å²) in [7, 11) is 0. The zero-order valence-corrected chi connectivity index (χ0v) is 18.1. The largest absolute Gasteiger partial charge is 0.486 e. The van der Waals surface area contributed by atoms with Gasteiger partial charge in [0.05, 0.1) is 11.1 Å². The molecule has 1 N–H and O–H groups in total. The fourth-order valence-corrected chi connectivity index (χ4v) is 3.82. The quantitative estimate of drug-likeness (QED) is 0.643. The Morgan fingerprint density at radius 2 is 1.72 bits per heavy atom. The Morgan fingerprint density at radius 3 is 2.47 bits per heavy atom. The number of amides is 2. The van der Waals surface area contributed by atoms with E-state index < -0.39 is 5.56 Å². The minimum Gasteiger partial charge on any atom is -0.486 e. The molecule has 4 rings (SSSR count). The van der Waals surface area contributed by atoms with Crippen LogP contribution in [0.15, 0.2) is 53.3 Å². The second-order valence-electron chi connectivity index (χ2n) is 7.38. The first-order valence-electron chi connectivity index (χ1n) is 10.6. The number of anilines is 1. The average molecular weight is 435 g/mol. The Kier molecular flexibility index (Phi) is 6.11. The number of nitrogens with one attached hydrogen (secondary N) is 1. The van der Waals surface area contributed by atoms with E-state index in [0.717, 1.165) is 0 Å². The van der Waals surface area contributed by atoms with Crippen LogP contribution in [0.4, 0.5) is 5.69 Å². The second-order valence-corrected chi connectivity index (χ2v) is 7.38. The molecule has 0 saturated carbocycles. The van der Waals surface area contributed by atoms with Crippen LogP contribution < -0.4 is 20.3 Å². The van der Waals surface area contributed by atoms with Gasteiger partial charge in [-0.25, -0.2) is 0 Å². The van der Waals surface area contributed by atoms with Gasteiger partial charge in [-0.1, -0.05) is 18.2 Å². The van der Waals surface area contributed by atoms with Gasteiger partial charge in [0.1, 0.15) is 19.8 Å². The van der Waals surface area contributed by atoms with E-state index in [-0.39, 0.29) is 18.4 Å². The van der Waals surface area contributed by atoms with Gasteiger partial charge in [0, 0.05) is 36.3 Å². The fourth-order valence-electron chi connectivity index (χ4n) is 3.82. The summed E-state index contributed by atoms with van der Waals surface area (Å²) in [6.45, 7) is 5.63. The van der Waals surface area contributed by atoms with Crippen LogP contribution in [-0.2, 0) is 11.3 Å². The third kappa shape index (κ3) is 4.16. The predicted octanol–water partition coefficient (Wildman–Crippen LogP) is 2.89. The minimum atomic E-state index is -0.406. The molecule has 0 bridgehead atoms. The number of ether oxygens (including phenoxy) is 2. The van der Waals surface area contributed by atoms with Crippen molar-refractivity contribution in [1.82, 2.24) is 9.47 Å². The van der Waals surface area contributed by atoms with Crippen LogP contribution in [-0.4, -0.2) is 47.6 Å². The molecule has 2 amide bonds. The van der Waals surface area contributed by atoms with E-state index >= 15 is 0 Å². The predicted molar refractivity (Wildman–Crippen MR) is 122 cm³/mol. The molecule has 1 aliphatic rings. The summed E-state index contributed by atoms with van der Waals surface area (Å²) in [6, 6.07) is 13.6. The minimum absolute atomic E-state index is 0.187. The number of fused-ring (bicyclic) bond motifs is 2. The number of rotatable bonds is 6. The zero-order valence-electron chi connectivity index (χ0n) is 18.1. The van der Waals surface area contributed by atoms with E-state index in [1.54, 1.807) is 41.3 Å². The first-order valence-corrected chi connectivity index (χ1v) is 10.6. The van der Waals surface area contributed by atoms with Crippen molar-refractivity contribution in [3.8, 4) is 11.5 Å². The van der Waals surface area contributed by atoms with Gasteiger partial charge in [0.2, 0.25) is 5.91 Å². The maximum atomic E-state index is 12.9. The molecule has 166 valence electrons. The molecule has 0 aliphatic carbocycles. The number of benzene rings is 2. The van der Waals surface area contributed by atoms with Crippen LogP contribution in [0.5, 0.6) is 11.5 Å². The summed E-state index contributed by atoms with van der Waals surface area (Å²) in [5.41, 5.74) is 1.02. The molecule has 8 heteroatoms. The molecular weight excluding hydrogens is 410 g/mol. The van der Waals surface area contributed by atoms with Crippen LogP contribution >= 0.6 is 0 Å². The highest BCUT2D eigenvalue weighted by atomic mass is 16.6. The van der Waals surface area contributed by atoms with Crippen molar-refractivity contribution in [2.75, 3.05) is 31.6 Å². The molecule has 3 aromatic rings. The normalized spacial score (nSPS) is 12.4. The summed E-state index contributed by atoms with van der Waals surface area (Å²) in [5, 5.41) is 3.43. The number of carbonyl (C=O) groups is 2. The molecule has 2 heterocycles. The Balaban J connectivity index is 1.63. The monoisotopic (exact) mass is 435 g/mol. The summed E-state index contributed by atoms with van der Waals surface area (Å²) in [5.74, 6) is 0.633. The molecule has 0 saturated heterocycles. The van der Waals surface area contributed by atoms with Gasteiger partial charge in [0.25, 0.3) is 11.5 Å². The highest BCUT2D eigenvalue weighted by Crippen LogP contribution is 2.32. The van der Waals surface area contributed by atoms with E-state index in [2.05, 4.69) is 5.32 Å². The number of para-hydroxylation sites is 1. The summed E-state index contributed by atoms with van der Waals surface area (Å²) >= 11 is 0. The molecule has 0 unspecified atom stereocenters. The Bertz CT molecular complexity index is 1230. The van der Waals surface area contributed by atoms with Crippen molar-refractivity contribution >= 4 is 28.4 Å². The van der Waals surface area contributed by atoms with Gasteiger partial charge in [0.15, 0.2) is 11.5 Å². The lowest BCUT2D eigenvalue weighted by Gasteiger charge is -2.21. The molecule has 2 aromatic carbocycles. The van der Waals surface area contributed by atoms with Crippen molar-refractivity contribution in [2.45, 2.75) is 20.4 Å². The van der Waals surface area contributed by atoms with Crippen LogP contribution in [0, 0.1) is 0 Å². The lowest BCUT2D eigenvalue weighted by atomic mass is 10.1. The highest BCUT2D eigenvalue weighted by molar-refractivity contribution is 6.06. The second kappa shape index (κ2) is 9.13. The van der Waals surface area contributed by atoms with Gasteiger partial charge in [-0.2, -0.15) is 0 Å². The number of hydrogen-bond acceptors (Lipinski definition) is 5. The van der Waals surface area contributed by atoms with Crippen LogP contribution in [0.2, 0.25) is 0 Å². The van der Waals surface area contributed by atoms with Crippen molar-refractivity contribution in [2.24, 2.45) is 0 Å². The molecule has 0 atom stereocenters. The lowest BCUT2D eigenvalue weighted by Crippen LogP contribution is -2.33. The third-order valence-corrected chi connectivity index (χ3v) is 5.43. The smallest absolute Gasteiger partial charge is 0.254 e. The summed E-state index contributed by atoms with van der Waals surface area (Å²) in [4.78, 5) is 40.3. The van der Waals surface area contributed by atoms with E-state index in [1.165, 1.54) is 10.6 Å². The van der Waals surface area contributed by atoms with E-state index in [1.807, 2.05) is 19.9 Å². The van der Waals surface area contributed by atoms with Gasteiger partial charge >= 0.3 is 0 Å². The number of nitrogens with zero attached hydrogens (tertiary/aromatic N) is 2. The van der Waals surface area contributed by atoms with Gasteiger partial charge in [-0.05, 0) is 32.0 Å². The van der Waals surface area contributed by atoms with E-state index in [9.17, 15) is 14.4 Å². The van der Waals surface area contributed by atoms with Gasteiger partial charge < -0.3 is 19.7 Å². The fraction of sp³-hybridized carbons (Fsp3) is 0.292. The van der Waals surface area contributed by atoms with Crippen molar-refractivity contribution in [3.05, 3.63) is 64.4 Å². The summed E-state index contributed by atoms with van der Waals surface area (Å²) in [6.07, 6.45) is 0. The first-order chi connectivity index (χ1) is 15.5. The highest BCUT2D eigenvalue weighted by Gasteiger charge is 2.20. The van der Waals surface area contributed by atoms with Crippen molar-refractivity contribution in [3.63, 3.8) is 0 Å². The first kappa shape index (κ1) is 21.4. The molecule has 0 spiro atoms. The SMILES string of the molecule is CCN(CC)C(=O)c1cc(=O)n(CC(=O)Nc2ccc3c(c2)OCCO3)c2ccccc12. The molecular formula is C24H25N3O5. The maximum Gasteiger partial charge on any atom is 0.254 e. The number of pyridine rings is 1. The maximum absolute atomic E-state index is 12.9. The summed E-state index contributed by atoms with van der Waals surface area (Å²) < 4.78 is 12.4. The van der Waals surface area contributed by atoms with Gasteiger partial charge in [-0.3, -0.25) is 19.0 Å². The number of aromatic nitrogens is 1. The van der Waals surface area contributed by atoms with Gasteiger partial charge in [-0.15, -0.1) is 0 Å². The molecule has 8 nitrogen and oxygen atoms in total. The third-order valence-electron chi connectivity index (χ3n) is 5.43. The molecule has 1 aromatic heterocycles. The lowest BCUT2D eigenvalue weighted by molar-refractivity contribution is -0.116. The molecule has 0 radical (unpaired) electrons. The topological polar surface area (TPSA) is 89.9 Å². The van der Waals surface area contributed by atoms with Crippen molar-refractivity contribution in [1.29, 1.82) is 0 Å². The van der Waals surface area contributed by atoms with Crippen LogP contribution in [0.25, 0.3) is 10.9 Å². The molecule has 1 aliphatic heterocycles.